The van der Waals surface area contributed by atoms with Crippen molar-refractivity contribution >= 4 is 23.5 Å². The first-order valence-corrected chi connectivity index (χ1v) is 7.92. The topological polar surface area (TPSA) is 58.2 Å². The van der Waals surface area contributed by atoms with Gasteiger partial charge in [-0.15, -0.1) is 5.10 Å². The molecule has 0 saturated carbocycles. The first-order chi connectivity index (χ1) is 12.3. The van der Waals surface area contributed by atoms with Crippen molar-refractivity contribution in [3.63, 3.8) is 0 Å². The van der Waals surface area contributed by atoms with E-state index in [4.69, 9.17) is 4.42 Å². The minimum absolute atomic E-state index is 0.151. The molecule has 1 amide bonds. The van der Waals surface area contributed by atoms with Gasteiger partial charge in [0, 0.05) is 5.56 Å². The number of carbonyl (C=O) groups excluding carboxylic acids is 1. The highest BCUT2D eigenvalue weighted by Gasteiger charge is 2.33. The van der Waals surface area contributed by atoms with Gasteiger partial charge in [0.15, 0.2) is 5.71 Å². The van der Waals surface area contributed by atoms with E-state index in [-0.39, 0.29) is 5.91 Å². The molecule has 1 aliphatic rings. The molecule has 2 heterocycles. The Morgan fingerprint density at radius 2 is 1.76 bits per heavy atom. The Morgan fingerprint density at radius 1 is 0.960 bits per heavy atom. The number of para-hydroxylation sites is 1. The van der Waals surface area contributed by atoms with E-state index in [1.54, 1.807) is 23.3 Å². The Balaban J connectivity index is 1.66. The predicted octanol–water partition coefficient (Wildman–Crippen LogP) is 3.65. The molecule has 2 aromatic carbocycles. The van der Waals surface area contributed by atoms with Crippen LogP contribution in [0.1, 0.15) is 16.9 Å². The maximum atomic E-state index is 12.9. The SMILES string of the molecule is O=C1/C(=N\N=C/c2ccco2)c2ccccc2N1Cc1ccccc1. The lowest BCUT2D eigenvalue weighted by molar-refractivity contribution is -0.112. The molecule has 3 aromatic rings. The van der Waals surface area contributed by atoms with Crippen LogP contribution in [0.25, 0.3) is 0 Å². The van der Waals surface area contributed by atoms with Crippen LogP contribution in [0.3, 0.4) is 0 Å². The van der Waals surface area contributed by atoms with Crippen LogP contribution in [-0.2, 0) is 11.3 Å². The summed E-state index contributed by atoms with van der Waals surface area (Å²) in [6.45, 7) is 0.498. The second-order valence-corrected chi connectivity index (χ2v) is 5.60. The van der Waals surface area contributed by atoms with Crippen LogP contribution in [0.15, 0.2) is 87.6 Å². The van der Waals surface area contributed by atoms with Crippen LogP contribution in [-0.4, -0.2) is 17.8 Å². The number of hydrogen-bond donors (Lipinski definition) is 0. The molecule has 1 aromatic heterocycles. The van der Waals surface area contributed by atoms with Crippen molar-refractivity contribution in [3.05, 3.63) is 89.9 Å². The number of carbonyl (C=O) groups is 1. The number of hydrogen-bond acceptors (Lipinski definition) is 4. The summed E-state index contributed by atoms with van der Waals surface area (Å²) in [4.78, 5) is 14.6. The fourth-order valence-corrected chi connectivity index (χ4v) is 2.79. The first kappa shape index (κ1) is 15.1. The van der Waals surface area contributed by atoms with Gasteiger partial charge in [0.25, 0.3) is 5.91 Å². The summed E-state index contributed by atoms with van der Waals surface area (Å²) in [5.41, 5.74) is 3.05. The molecular formula is C20H15N3O2. The van der Waals surface area contributed by atoms with Gasteiger partial charge in [-0.25, -0.2) is 0 Å². The smallest absolute Gasteiger partial charge is 0.279 e. The van der Waals surface area contributed by atoms with Crippen LogP contribution in [0.5, 0.6) is 0 Å². The summed E-state index contributed by atoms with van der Waals surface area (Å²) in [6, 6.07) is 21.0. The van der Waals surface area contributed by atoms with Gasteiger partial charge in [0.05, 0.1) is 24.7 Å². The monoisotopic (exact) mass is 329 g/mol. The molecule has 0 fully saturated rings. The van der Waals surface area contributed by atoms with Crippen LogP contribution in [0.4, 0.5) is 5.69 Å². The molecule has 0 saturated heterocycles. The molecule has 0 spiro atoms. The van der Waals surface area contributed by atoms with Gasteiger partial charge >= 0.3 is 0 Å². The van der Waals surface area contributed by atoms with Crippen LogP contribution in [0.2, 0.25) is 0 Å². The van der Waals surface area contributed by atoms with Gasteiger partial charge in [-0.1, -0.05) is 48.5 Å². The molecule has 5 heteroatoms. The van der Waals surface area contributed by atoms with Gasteiger partial charge in [0.2, 0.25) is 0 Å². The molecule has 0 unspecified atom stereocenters. The molecule has 0 aliphatic carbocycles. The number of rotatable bonds is 4. The predicted molar refractivity (Wildman–Crippen MR) is 96.9 cm³/mol. The summed E-state index contributed by atoms with van der Waals surface area (Å²) in [5.74, 6) is 0.436. The van der Waals surface area contributed by atoms with Crippen molar-refractivity contribution in [2.75, 3.05) is 4.90 Å². The highest BCUT2D eigenvalue weighted by molar-refractivity contribution is 6.54. The lowest BCUT2D eigenvalue weighted by Gasteiger charge is -2.16. The number of fused-ring (bicyclic) bond motifs is 1. The fraction of sp³-hybridized carbons (Fsp3) is 0.0500. The maximum absolute atomic E-state index is 12.9. The van der Waals surface area contributed by atoms with Crippen molar-refractivity contribution in [2.24, 2.45) is 10.2 Å². The third-order valence-electron chi connectivity index (χ3n) is 3.97. The van der Waals surface area contributed by atoms with Crippen LogP contribution >= 0.6 is 0 Å². The first-order valence-electron chi connectivity index (χ1n) is 7.92. The highest BCUT2D eigenvalue weighted by Crippen LogP contribution is 2.30. The number of benzene rings is 2. The minimum Gasteiger partial charge on any atom is -0.463 e. The van der Waals surface area contributed by atoms with E-state index in [9.17, 15) is 4.79 Å². The zero-order valence-electron chi connectivity index (χ0n) is 13.4. The van der Waals surface area contributed by atoms with E-state index in [1.807, 2.05) is 54.6 Å². The second kappa shape index (κ2) is 6.57. The van der Waals surface area contributed by atoms with Gasteiger partial charge < -0.3 is 9.32 Å². The average molecular weight is 329 g/mol. The largest absolute Gasteiger partial charge is 0.463 e. The molecule has 0 radical (unpaired) electrons. The zero-order valence-corrected chi connectivity index (χ0v) is 13.4. The molecule has 5 nitrogen and oxygen atoms in total. The number of anilines is 1. The standard InChI is InChI=1S/C20H15N3O2/c24-20-19(22-21-13-16-9-6-12-25-16)17-10-4-5-11-18(17)23(20)14-15-7-2-1-3-8-15/h1-13H,14H2/b21-13-,22-19-. The molecule has 0 atom stereocenters. The van der Waals surface area contributed by atoms with Gasteiger partial charge in [-0.3, -0.25) is 4.79 Å². The van der Waals surface area contributed by atoms with E-state index in [0.717, 1.165) is 16.8 Å². The van der Waals surface area contributed by atoms with Gasteiger partial charge in [-0.2, -0.15) is 5.10 Å². The molecule has 4 rings (SSSR count). The summed E-state index contributed by atoms with van der Waals surface area (Å²) < 4.78 is 5.18. The molecule has 0 N–H and O–H groups in total. The van der Waals surface area contributed by atoms with Gasteiger partial charge in [-0.05, 0) is 23.8 Å². The van der Waals surface area contributed by atoms with Crippen molar-refractivity contribution in [1.82, 2.24) is 0 Å². The van der Waals surface area contributed by atoms with Crippen molar-refractivity contribution in [2.45, 2.75) is 6.54 Å². The Morgan fingerprint density at radius 3 is 2.56 bits per heavy atom. The fourth-order valence-electron chi connectivity index (χ4n) is 2.79. The summed E-state index contributed by atoms with van der Waals surface area (Å²) in [5, 5.41) is 8.16. The summed E-state index contributed by atoms with van der Waals surface area (Å²) in [7, 11) is 0. The lowest BCUT2D eigenvalue weighted by Crippen LogP contribution is -2.29. The molecule has 1 aliphatic heterocycles. The average Bonchev–Trinajstić information content (AvgIpc) is 3.25. The third-order valence-corrected chi connectivity index (χ3v) is 3.97. The number of furan rings is 1. The quantitative estimate of drug-likeness (QED) is 0.542. The number of amides is 1. The van der Waals surface area contributed by atoms with Gasteiger partial charge in [0.1, 0.15) is 5.76 Å². The molecular weight excluding hydrogens is 314 g/mol. The molecule has 25 heavy (non-hydrogen) atoms. The highest BCUT2D eigenvalue weighted by atomic mass is 16.3. The Labute approximate surface area is 144 Å². The van der Waals surface area contributed by atoms with Crippen molar-refractivity contribution in [1.29, 1.82) is 0 Å². The van der Waals surface area contributed by atoms with Crippen LogP contribution < -0.4 is 4.90 Å². The van der Waals surface area contributed by atoms with E-state index >= 15 is 0 Å². The van der Waals surface area contributed by atoms with Crippen molar-refractivity contribution < 1.29 is 9.21 Å². The summed E-state index contributed by atoms with van der Waals surface area (Å²) >= 11 is 0. The molecule has 0 bridgehead atoms. The van der Waals surface area contributed by atoms with Crippen LogP contribution in [0, 0.1) is 0 Å². The lowest BCUT2D eigenvalue weighted by atomic mass is 10.1. The Hall–Kier alpha value is -3.47. The van der Waals surface area contributed by atoms with E-state index in [2.05, 4.69) is 10.2 Å². The second-order valence-electron chi connectivity index (χ2n) is 5.60. The Kier molecular flexibility index (Phi) is 3.96. The Bertz CT molecular complexity index is 944. The summed E-state index contributed by atoms with van der Waals surface area (Å²) in [6.07, 6.45) is 3.05. The minimum atomic E-state index is -0.151. The maximum Gasteiger partial charge on any atom is 0.279 e. The third kappa shape index (κ3) is 2.99. The normalized spacial score (nSPS) is 15.3. The van der Waals surface area contributed by atoms with E-state index in [1.165, 1.54) is 6.21 Å². The van der Waals surface area contributed by atoms with E-state index in [0.29, 0.717) is 18.0 Å². The van der Waals surface area contributed by atoms with Crippen molar-refractivity contribution in [3.8, 4) is 0 Å². The molecule has 122 valence electrons. The number of nitrogens with zero attached hydrogens (tertiary/aromatic N) is 3. The van der Waals surface area contributed by atoms with E-state index < -0.39 is 0 Å². The zero-order chi connectivity index (χ0) is 17.1.